The predicted octanol–water partition coefficient (Wildman–Crippen LogP) is 0.627. The lowest BCUT2D eigenvalue weighted by molar-refractivity contribution is -0.0534. The SMILES string of the molecule is C=CC1C(O)C2CCN1CC2. The molecule has 2 atom stereocenters. The highest BCUT2D eigenvalue weighted by Gasteiger charge is 2.39. The molecular weight excluding hydrogens is 138 g/mol. The average molecular weight is 153 g/mol. The molecular formula is C9H15NO. The Balaban J connectivity index is 2.16. The van der Waals surface area contributed by atoms with Crippen molar-refractivity contribution in [2.75, 3.05) is 13.1 Å². The van der Waals surface area contributed by atoms with Crippen molar-refractivity contribution < 1.29 is 5.11 Å². The second-order valence-corrected chi connectivity index (χ2v) is 3.59. The Labute approximate surface area is 67.5 Å². The average Bonchev–Trinajstić information content (AvgIpc) is 2.06. The second kappa shape index (κ2) is 2.61. The molecule has 2 nitrogen and oxygen atoms in total. The lowest BCUT2D eigenvalue weighted by Crippen LogP contribution is -2.56. The molecule has 0 aliphatic carbocycles. The van der Waals surface area contributed by atoms with Gasteiger partial charge in [-0.3, -0.25) is 4.90 Å². The van der Waals surface area contributed by atoms with E-state index >= 15 is 0 Å². The smallest absolute Gasteiger partial charge is 0.0760 e. The molecule has 1 N–H and O–H groups in total. The molecule has 3 fully saturated rings. The lowest BCUT2D eigenvalue weighted by Gasteiger charge is -2.47. The molecule has 3 aliphatic rings. The number of fused-ring (bicyclic) bond motifs is 3. The second-order valence-electron chi connectivity index (χ2n) is 3.59. The minimum atomic E-state index is -0.144. The summed E-state index contributed by atoms with van der Waals surface area (Å²) in [6.45, 7) is 6.05. The van der Waals surface area contributed by atoms with Crippen LogP contribution in [-0.2, 0) is 0 Å². The van der Waals surface area contributed by atoms with Gasteiger partial charge in [-0.25, -0.2) is 0 Å². The van der Waals surface area contributed by atoms with Gasteiger partial charge in [-0.1, -0.05) is 6.08 Å². The Morgan fingerprint density at radius 2 is 2.00 bits per heavy atom. The zero-order valence-corrected chi connectivity index (χ0v) is 6.74. The van der Waals surface area contributed by atoms with Crippen LogP contribution in [0.4, 0.5) is 0 Å². The molecule has 0 aromatic carbocycles. The number of hydrogen-bond acceptors (Lipinski definition) is 2. The fourth-order valence-electron chi connectivity index (χ4n) is 2.34. The first-order chi connectivity index (χ1) is 5.33. The molecule has 3 saturated heterocycles. The topological polar surface area (TPSA) is 23.5 Å². The van der Waals surface area contributed by atoms with Gasteiger partial charge in [0.1, 0.15) is 0 Å². The van der Waals surface area contributed by atoms with E-state index in [1.54, 1.807) is 0 Å². The van der Waals surface area contributed by atoms with E-state index in [0.29, 0.717) is 5.92 Å². The van der Waals surface area contributed by atoms with E-state index in [2.05, 4.69) is 11.5 Å². The summed E-state index contributed by atoms with van der Waals surface area (Å²) in [5.74, 6) is 0.544. The van der Waals surface area contributed by atoms with Gasteiger partial charge in [0.15, 0.2) is 0 Å². The monoisotopic (exact) mass is 153 g/mol. The Morgan fingerprint density at radius 3 is 2.36 bits per heavy atom. The highest BCUT2D eigenvalue weighted by atomic mass is 16.3. The maximum atomic E-state index is 9.75. The number of aliphatic hydroxyl groups is 1. The van der Waals surface area contributed by atoms with Crippen LogP contribution in [0.5, 0.6) is 0 Å². The number of rotatable bonds is 1. The first kappa shape index (κ1) is 7.32. The van der Waals surface area contributed by atoms with Crippen LogP contribution in [0, 0.1) is 5.92 Å². The fourth-order valence-corrected chi connectivity index (χ4v) is 2.34. The van der Waals surface area contributed by atoms with Crippen molar-refractivity contribution in [2.45, 2.75) is 25.0 Å². The molecule has 3 rings (SSSR count). The Kier molecular flexibility index (Phi) is 1.74. The molecule has 11 heavy (non-hydrogen) atoms. The van der Waals surface area contributed by atoms with Crippen molar-refractivity contribution in [1.82, 2.24) is 4.90 Å². The largest absolute Gasteiger partial charge is 0.391 e. The molecule has 0 spiro atoms. The summed E-state index contributed by atoms with van der Waals surface area (Å²) in [6, 6.07) is 0.238. The lowest BCUT2D eigenvalue weighted by atomic mass is 9.81. The summed E-state index contributed by atoms with van der Waals surface area (Å²) in [4.78, 5) is 2.33. The van der Waals surface area contributed by atoms with Crippen LogP contribution in [0.25, 0.3) is 0 Å². The van der Waals surface area contributed by atoms with Crippen LogP contribution in [0.2, 0.25) is 0 Å². The van der Waals surface area contributed by atoms with Gasteiger partial charge < -0.3 is 5.11 Å². The molecule has 2 heteroatoms. The van der Waals surface area contributed by atoms with Crippen LogP contribution in [-0.4, -0.2) is 35.2 Å². The summed E-state index contributed by atoms with van der Waals surface area (Å²) in [5.41, 5.74) is 0. The molecule has 0 radical (unpaired) electrons. The van der Waals surface area contributed by atoms with Crippen molar-refractivity contribution in [2.24, 2.45) is 5.92 Å². The van der Waals surface area contributed by atoms with Crippen molar-refractivity contribution in [3.05, 3.63) is 12.7 Å². The minimum absolute atomic E-state index is 0.144. The molecule has 3 aliphatic heterocycles. The molecule has 0 amide bonds. The van der Waals surface area contributed by atoms with Crippen LogP contribution < -0.4 is 0 Å². The van der Waals surface area contributed by atoms with Crippen LogP contribution in [0.15, 0.2) is 12.7 Å². The van der Waals surface area contributed by atoms with Gasteiger partial charge >= 0.3 is 0 Å². The minimum Gasteiger partial charge on any atom is -0.391 e. The van der Waals surface area contributed by atoms with Gasteiger partial charge in [0.25, 0.3) is 0 Å². The highest BCUT2D eigenvalue weighted by Crippen LogP contribution is 2.32. The zero-order valence-electron chi connectivity index (χ0n) is 6.74. The van der Waals surface area contributed by atoms with Gasteiger partial charge in [-0.15, -0.1) is 6.58 Å². The van der Waals surface area contributed by atoms with E-state index in [1.807, 2.05) is 6.08 Å². The Bertz CT molecular complexity index is 159. The normalized spacial score (nSPS) is 49.2. The third-order valence-electron chi connectivity index (χ3n) is 3.07. The third-order valence-corrected chi connectivity index (χ3v) is 3.07. The molecule has 62 valence electrons. The predicted molar refractivity (Wildman–Crippen MR) is 44.3 cm³/mol. The molecule has 2 bridgehead atoms. The van der Waals surface area contributed by atoms with Gasteiger partial charge in [-0.05, 0) is 31.8 Å². The van der Waals surface area contributed by atoms with Crippen molar-refractivity contribution in [1.29, 1.82) is 0 Å². The van der Waals surface area contributed by atoms with E-state index in [4.69, 9.17) is 0 Å². The standard InChI is InChI=1S/C9H15NO/c1-2-8-9(11)7-3-5-10(8)6-4-7/h2,7-9,11H,1,3-6H2. The Morgan fingerprint density at radius 1 is 1.36 bits per heavy atom. The van der Waals surface area contributed by atoms with E-state index in [9.17, 15) is 5.11 Å². The maximum Gasteiger partial charge on any atom is 0.0760 e. The first-order valence-corrected chi connectivity index (χ1v) is 4.37. The van der Waals surface area contributed by atoms with Gasteiger partial charge in [-0.2, -0.15) is 0 Å². The maximum absolute atomic E-state index is 9.75. The van der Waals surface area contributed by atoms with Gasteiger partial charge in [0.2, 0.25) is 0 Å². The van der Waals surface area contributed by atoms with Crippen molar-refractivity contribution in [3.8, 4) is 0 Å². The number of aliphatic hydroxyl groups excluding tert-OH is 1. The molecule has 0 aromatic heterocycles. The quantitative estimate of drug-likeness (QED) is 0.558. The summed E-state index contributed by atoms with van der Waals surface area (Å²) in [5, 5.41) is 9.75. The van der Waals surface area contributed by atoms with E-state index < -0.39 is 0 Å². The number of nitrogens with zero attached hydrogens (tertiary/aromatic N) is 1. The highest BCUT2D eigenvalue weighted by molar-refractivity contribution is 5.02. The zero-order chi connectivity index (χ0) is 7.84. The third kappa shape index (κ3) is 1.01. The van der Waals surface area contributed by atoms with E-state index in [0.717, 1.165) is 13.1 Å². The van der Waals surface area contributed by atoms with Crippen molar-refractivity contribution in [3.63, 3.8) is 0 Å². The van der Waals surface area contributed by atoms with E-state index in [1.165, 1.54) is 12.8 Å². The first-order valence-electron chi connectivity index (χ1n) is 4.37. The van der Waals surface area contributed by atoms with Crippen LogP contribution in [0.3, 0.4) is 0 Å². The summed E-state index contributed by atoms with van der Waals surface area (Å²) in [6.07, 6.45) is 4.09. The van der Waals surface area contributed by atoms with Crippen molar-refractivity contribution >= 4 is 0 Å². The number of piperidine rings is 3. The molecule has 3 heterocycles. The molecule has 0 aromatic rings. The van der Waals surface area contributed by atoms with Gasteiger partial charge in [0.05, 0.1) is 12.1 Å². The summed E-state index contributed by atoms with van der Waals surface area (Å²) in [7, 11) is 0. The summed E-state index contributed by atoms with van der Waals surface area (Å²) < 4.78 is 0. The molecule has 2 unspecified atom stereocenters. The van der Waals surface area contributed by atoms with Gasteiger partial charge in [0, 0.05) is 0 Å². The van der Waals surface area contributed by atoms with E-state index in [-0.39, 0.29) is 12.1 Å². The number of hydrogen-bond donors (Lipinski definition) is 1. The molecule has 0 saturated carbocycles. The van der Waals surface area contributed by atoms with Crippen LogP contribution >= 0.6 is 0 Å². The Hall–Kier alpha value is -0.340. The fraction of sp³-hybridized carbons (Fsp3) is 0.778. The van der Waals surface area contributed by atoms with Crippen LogP contribution in [0.1, 0.15) is 12.8 Å². The summed E-state index contributed by atoms with van der Waals surface area (Å²) >= 11 is 0.